The Hall–Kier alpha value is -3.21. The number of hydrogen-bond donors (Lipinski definition) is 2. The molecule has 2 N–H and O–H groups in total. The minimum atomic E-state index is -0.390. The third kappa shape index (κ3) is 5.39. The summed E-state index contributed by atoms with van der Waals surface area (Å²) in [6.45, 7) is 5.60. The molecule has 3 aromatic rings. The van der Waals surface area contributed by atoms with Crippen LogP contribution in [0.4, 0.5) is 10.6 Å². The van der Waals surface area contributed by atoms with Crippen molar-refractivity contribution in [2.24, 2.45) is 5.92 Å². The van der Waals surface area contributed by atoms with Crippen LogP contribution < -0.4 is 10.6 Å². The zero-order chi connectivity index (χ0) is 24.4. The highest BCUT2D eigenvalue weighted by Crippen LogP contribution is 2.34. The van der Waals surface area contributed by atoms with Crippen molar-refractivity contribution in [2.75, 3.05) is 25.0 Å². The molecule has 11 heteroatoms. The average molecular weight is 498 g/mol. The Morgan fingerprint density at radius 2 is 2.03 bits per heavy atom. The minimum Gasteiger partial charge on any atom is -0.450 e. The average Bonchev–Trinajstić information content (AvgIpc) is 3.48. The van der Waals surface area contributed by atoms with E-state index in [1.807, 2.05) is 18.5 Å². The summed E-state index contributed by atoms with van der Waals surface area (Å²) in [7, 11) is 0. The Labute approximate surface area is 208 Å². The Morgan fingerprint density at radius 3 is 2.77 bits per heavy atom. The molecule has 2 fully saturated rings. The fraction of sp³-hybridized carbons (Fsp3) is 0.542. The van der Waals surface area contributed by atoms with Gasteiger partial charge in [0.2, 0.25) is 0 Å². The number of nitrogens with one attached hydrogen (secondary N) is 2. The van der Waals surface area contributed by atoms with Crippen molar-refractivity contribution in [3.8, 4) is 11.4 Å². The Kier molecular flexibility index (Phi) is 6.85. The van der Waals surface area contributed by atoms with Gasteiger partial charge in [0.15, 0.2) is 5.82 Å². The van der Waals surface area contributed by atoms with Crippen LogP contribution >= 0.6 is 11.3 Å². The zero-order valence-electron chi connectivity index (χ0n) is 20.1. The fourth-order valence-corrected chi connectivity index (χ4v) is 5.16. The van der Waals surface area contributed by atoms with Gasteiger partial charge in [-0.2, -0.15) is 5.10 Å². The first kappa shape index (κ1) is 23.5. The third-order valence-corrected chi connectivity index (χ3v) is 7.45. The normalized spacial score (nSPS) is 17.4. The molecule has 0 unspecified atom stereocenters. The van der Waals surface area contributed by atoms with Gasteiger partial charge >= 0.3 is 6.09 Å². The molecule has 2 aliphatic rings. The van der Waals surface area contributed by atoms with Gasteiger partial charge in [0, 0.05) is 42.8 Å². The molecular weight excluding hydrogens is 466 g/mol. The van der Waals surface area contributed by atoms with Crippen molar-refractivity contribution in [3.05, 3.63) is 29.5 Å². The van der Waals surface area contributed by atoms with Crippen LogP contribution in [0.15, 0.2) is 23.8 Å². The quantitative estimate of drug-likeness (QED) is 0.486. The molecular formula is C24H31N7O3S. The lowest BCUT2D eigenvalue weighted by Gasteiger charge is -2.32. The smallest absolute Gasteiger partial charge is 0.407 e. The van der Waals surface area contributed by atoms with E-state index in [1.165, 1.54) is 12.8 Å². The number of hydrogen-bond acceptors (Lipinski definition) is 8. The van der Waals surface area contributed by atoms with E-state index in [0.29, 0.717) is 55.8 Å². The van der Waals surface area contributed by atoms with Crippen molar-refractivity contribution >= 4 is 34.0 Å². The van der Waals surface area contributed by atoms with Crippen LogP contribution in [-0.2, 0) is 4.74 Å². The number of piperidine rings is 1. The van der Waals surface area contributed by atoms with Crippen LogP contribution in [0, 0.1) is 5.92 Å². The minimum absolute atomic E-state index is 0.000477. The summed E-state index contributed by atoms with van der Waals surface area (Å²) in [5, 5.41) is 12.7. The number of nitrogens with zero attached hydrogens (tertiary/aromatic N) is 5. The predicted octanol–water partition coefficient (Wildman–Crippen LogP) is 3.80. The fourth-order valence-electron chi connectivity index (χ4n) is 4.37. The maximum absolute atomic E-state index is 13.5. The second kappa shape index (κ2) is 10.2. The maximum Gasteiger partial charge on any atom is 0.407 e. The number of fused-ring (bicyclic) bond motifs is 1. The second-order valence-electron chi connectivity index (χ2n) is 9.29. The van der Waals surface area contributed by atoms with Crippen LogP contribution in [0.25, 0.3) is 16.2 Å². The van der Waals surface area contributed by atoms with Gasteiger partial charge in [-0.15, -0.1) is 11.3 Å². The van der Waals surface area contributed by atoms with Crippen LogP contribution in [-0.4, -0.2) is 68.3 Å². The number of thiazole rings is 1. The molecule has 1 atom stereocenters. The number of alkyl carbamates (subject to hydrolysis) is 1. The van der Waals surface area contributed by atoms with Crippen LogP contribution in [0.3, 0.4) is 0 Å². The number of carbonyl (C=O) groups is 2. The van der Waals surface area contributed by atoms with Gasteiger partial charge < -0.3 is 20.3 Å². The number of anilines is 1. The van der Waals surface area contributed by atoms with E-state index in [-0.39, 0.29) is 18.0 Å². The number of carbonyl (C=O) groups excluding carboxylic acids is 2. The van der Waals surface area contributed by atoms with Gasteiger partial charge in [-0.1, -0.05) is 6.92 Å². The lowest BCUT2D eigenvalue weighted by Crippen LogP contribution is -2.46. The summed E-state index contributed by atoms with van der Waals surface area (Å²) in [5.74, 6) is 1.67. The van der Waals surface area contributed by atoms with Gasteiger partial charge in [0.05, 0.1) is 18.4 Å². The molecule has 5 rings (SSSR count). The highest BCUT2D eigenvalue weighted by molar-refractivity contribution is 7.16. The van der Waals surface area contributed by atoms with Gasteiger partial charge in [0.1, 0.15) is 16.3 Å². The summed E-state index contributed by atoms with van der Waals surface area (Å²) >= 11 is 1.56. The first-order valence-corrected chi connectivity index (χ1v) is 13.2. The predicted molar refractivity (Wildman–Crippen MR) is 134 cm³/mol. The molecule has 3 aromatic heterocycles. The molecule has 186 valence electrons. The van der Waals surface area contributed by atoms with Gasteiger partial charge in [-0.25, -0.2) is 19.3 Å². The SMILES string of the molecule is CCCOC(=O)NC1CCN(C(=O)c2cc(N[C@H](C)C3CC3)nc(-c3cnn4ccsc34)n2)CC1. The van der Waals surface area contributed by atoms with Crippen molar-refractivity contribution in [3.63, 3.8) is 0 Å². The van der Waals surface area contributed by atoms with E-state index >= 15 is 0 Å². The van der Waals surface area contributed by atoms with E-state index in [9.17, 15) is 9.59 Å². The number of likely N-dealkylation sites (tertiary alicyclic amines) is 1. The number of amides is 2. The number of rotatable bonds is 8. The van der Waals surface area contributed by atoms with E-state index in [4.69, 9.17) is 9.72 Å². The largest absolute Gasteiger partial charge is 0.450 e. The molecule has 0 bridgehead atoms. The molecule has 1 aliphatic heterocycles. The monoisotopic (exact) mass is 497 g/mol. The maximum atomic E-state index is 13.5. The summed E-state index contributed by atoms with van der Waals surface area (Å²) in [6.07, 6.45) is 7.81. The summed E-state index contributed by atoms with van der Waals surface area (Å²) in [5.41, 5.74) is 1.18. The first-order chi connectivity index (χ1) is 17.0. The molecule has 0 aromatic carbocycles. The van der Waals surface area contributed by atoms with Crippen molar-refractivity contribution in [1.29, 1.82) is 0 Å². The summed E-state index contributed by atoms with van der Waals surface area (Å²) < 4.78 is 6.91. The van der Waals surface area contributed by atoms with Crippen LogP contribution in [0.1, 0.15) is 56.4 Å². The van der Waals surface area contributed by atoms with E-state index in [2.05, 4.69) is 27.6 Å². The summed E-state index contributed by atoms with van der Waals surface area (Å²) in [4.78, 5) is 37.5. The Morgan fingerprint density at radius 1 is 1.23 bits per heavy atom. The van der Waals surface area contributed by atoms with Crippen molar-refractivity contribution in [2.45, 2.75) is 58.0 Å². The number of aromatic nitrogens is 4. The molecule has 10 nitrogen and oxygen atoms in total. The van der Waals surface area contributed by atoms with E-state index in [1.54, 1.807) is 33.0 Å². The van der Waals surface area contributed by atoms with E-state index < -0.39 is 6.09 Å². The Balaban J connectivity index is 1.33. The van der Waals surface area contributed by atoms with Crippen molar-refractivity contribution < 1.29 is 14.3 Å². The molecule has 1 saturated carbocycles. The highest BCUT2D eigenvalue weighted by atomic mass is 32.1. The topological polar surface area (TPSA) is 114 Å². The first-order valence-electron chi connectivity index (χ1n) is 12.3. The zero-order valence-corrected chi connectivity index (χ0v) is 20.9. The van der Waals surface area contributed by atoms with Crippen molar-refractivity contribution in [1.82, 2.24) is 29.8 Å². The molecule has 35 heavy (non-hydrogen) atoms. The lowest BCUT2D eigenvalue weighted by atomic mass is 10.0. The second-order valence-corrected chi connectivity index (χ2v) is 10.2. The van der Waals surface area contributed by atoms with Crippen LogP contribution in [0.2, 0.25) is 0 Å². The summed E-state index contributed by atoms with van der Waals surface area (Å²) in [6, 6.07) is 2.04. The molecule has 1 aliphatic carbocycles. The van der Waals surface area contributed by atoms with Gasteiger partial charge in [-0.3, -0.25) is 4.79 Å². The van der Waals surface area contributed by atoms with Crippen LogP contribution in [0.5, 0.6) is 0 Å². The standard InChI is InChI=1S/C24H31N7O3S/c1-3-11-34-24(33)27-17-6-8-30(9-7-17)22(32)19-13-20(26-15(2)16-4-5-16)29-21(28-19)18-14-25-31-10-12-35-23(18)31/h10,12-17H,3-9,11H2,1-2H3,(H,27,33)(H,26,28,29)/t15-/m1/s1. The van der Waals surface area contributed by atoms with Gasteiger partial charge in [-0.05, 0) is 44.9 Å². The highest BCUT2D eigenvalue weighted by Gasteiger charge is 2.30. The molecule has 1 saturated heterocycles. The molecule has 2 amide bonds. The molecule has 0 radical (unpaired) electrons. The molecule has 0 spiro atoms. The number of ether oxygens (including phenoxy) is 1. The lowest BCUT2D eigenvalue weighted by molar-refractivity contribution is 0.0696. The van der Waals surface area contributed by atoms with Gasteiger partial charge in [0.25, 0.3) is 5.91 Å². The van der Waals surface area contributed by atoms with E-state index in [0.717, 1.165) is 16.8 Å². The Bertz CT molecular complexity index is 1200. The molecule has 4 heterocycles. The third-order valence-electron chi connectivity index (χ3n) is 6.56.